The number of halogens is 1. The minimum absolute atomic E-state index is 0.511. The fraction of sp³-hybridized carbons (Fsp3) is 0.292. The molecular formula is C24H26ClN3O. The number of hydrogen-bond donors (Lipinski definition) is 1. The molecule has 29 heavy (non-hydrogen) atoms. The van der Waals surface area contributed by atoms with E-state index in [4.69, 9.17) is 16.3 Å². The zero-order valence-electron chi connectivity index (χ0n) is 16.6. The summed E-state index contributed by atoms with van der Waals surface area (Å²) in [6, 6.07) is 21.0. The largest absolute Gasteiger partial charge is 0.497 e. The van der Waals surface area contributed by atoms with Gasteiger partial charge in [-0.25, -0.2) is 0 Å². The molecule has 3 aromatic rings. The number of pyridine rings is 1. The Hall–Kier alpha value is -2.56. The maximum absolute atomic E-state index is 6.03. The molecule has 1 fully saturated rings. The number of rotatable bonds is 6. The van der Waals surface area contributed by atoms with Crippen LogP contribution in [0.4, 0.5) is 5.69 Å². The minimum atomic E-state index is 0.511. The zero-order chi connectivity index (χ0) is 20.1. The van der Waals surface area contributed by atoms with Gasteiger partial charge in [0.1, 0.15) is 5.75 Å². The van der Waals surface area contributed by atoms with Crippen LogP contribution in [0.5, 0.6) is 5.75 Å². The molecule has 0 spiro atoms. The molecule has 0 radical (unpaired) electrons. The van der Waals surface area contributed by atoms with E-state index in [2.05, 4.69) is 39.5 Å². The van der Waals surface area contributed by atoms with Crippen LogP contribution < -0.4 is 15.0 Å². The van der Waals surface area contributed by atoms with Gasteiger partial charge in [0.05, 0.1) is 12.8 Å². The van der Waals surface area contributed by atoms with E-state index in [0.29, 0.717) is 6.04 Å². The highest BCUT2D eigenvalue weighted by molar-refractivity contribution is 6.30. The van der Waals surface area contributed by atoms with Crippen LogP contribution in [0.25, 0.3) is 11.3 Å². The smallest absolute Gasteiger partial charge is 0.119 e. The maximum Gasteiger partial charge on any atom is 0.119 e. The van der Waals surface area contributed by atoms with E-state index < -0.39 is 0 Å². The van der Waals surface area contributed by atoms with Crippen LogP contribution in [0.1, 0.15) is 18.4 Å². The van der Waals surface area contributed by atoms with E-state index in [1.54, 1.807) is 7.11 Å². The first-order valence-corrected chi connectivity index (χ1v) is 10.4. The highest BCUT2D eigenvalue weighted by atomic mass is 35.5. The van der Waals surface area contributed by atoms with Crippen LogP contribution in [0.2, 0.25) is 5.02 Å². The molecule has 0 unspecified atom stereocenters. The summed E-state index contributed by atoms with van der Waals surface area (Å²) in [7, 11) is 1.70. The molecule has 150 valence electrons. The highest BCUT2D eigenvalue weighted by Gasteiger charge is 2.22. The van der Waals surface area contributed by atoms with Crippen molar-refractivity contribution in [1.29, 1.82) is 0 Å². The SMILES string of the molecule is COc1ccc(N(Cc2ccnc(-c3ccc(Cl)cc3)c2)C2CCNCC2)cc1. The Morgan fingerprint density at radius 1 is 1.03 bits per heavy atom. The fourth-order valence-corrected chi connectivity index (χ4v) is 4.00. The predicted molar refractivity (Wildman–Crippen MR) is 120 cm³/mol. The van der Waals surface area contributed by atoms with Crippen molar-refractivity contribution in [1.82, 2.24) is 10.3 Å². The van der Waals surface area contributed by atoms with E-state index >= 15 is 0 Å². The van der Waals surface area contributed by atoms with Gasteiger partial charge in [-0.05, 0) is 80.0 Å². The van der Waals surface area contributed by atoms with Crippen molar-refractivity contribution in [2.45, 2.75) is 25.4 Å². The van der Waals surface area contributed by atoms with Crippen LogP contribution in [-0.4, -0.2) is 31.2 Å². The van der Waals surface area contributed by atoms with Crippen molar-refractivity contribution in [3.8, 4) is 17.0 Å². The fourth-order valence-electron chi connectivity index (χ4n) is 3.87. The van der Waals surface area contributed by atoms with Gasteiger partial charge in [0.15, 0.2) is 0 Å². The summed E-state index contributed by atoms with van der Waals surface area (Å²) in [6.07, 6.45) is 4.18. The molecule has 1 aliphatic heterocycles. The Balaban J connectivity index is 1.61. The van der Waals surface area contributed by atoms with Crippen LogP contribution >= 0.6 is 11.6 Å². The van der Waals surface area contributed by atoms with Crippen molar-refractivity contribution in [3.05, 3.63) is 77.4 Å². The van der Waals surface area contributed by atoms with Gasteiger partial charge in [-0.2, -0.15) is 0 Å². The molecule has 1 aliphatic rings. The third-order valence-electron chi connectivity index (χ3n) is 5.47. The van der Waals surface area contributed by atoms with E-state index in [9.17, 15) is 0 Å². The number of nitrogens with zero attached hydrogens (tertiary/aromatic N) is 2. The van der Waals surface area contributed by atoms with Gasteiger partial charge >= 0.3 is 0 Å². The van der Waals surface area contributed by atoms with Crippen LogP contribution in [0, 0.1) is 0 Å². The first kappa shape index (κ1) is 19.7. The molecule has 0 bridgehead atoms. The summed E-state index contributed by atoms with van der Waals surface area (Å²) in [4.78, 5) is 7.08. The molecule has 2 heterocycles. The molecule has 1 N–H and O–H groups in total. The Morgan fingerprint density at radius 2 is 1.76 bits per heavy atom. The topological polar surface area (TPSA) is 37.4 Å². The predicted octanol–water partition coefficient (Wildman–Crippen LogP) is 5.17. The number of piperidine rings is 1. The van der Waals surface area contributed by atoms with Crippen molar-refractivity contribution < 1.29 is 4.74 Å². The monoisotopic (exact) mass is 407 g/mol. The highest BCUT2D eigenvalue weighted by Crippen LogP contribution is 2.27. The molecule has 1 aromatic heterocycles. The first-order valence-electron chi connectivity index (χ1n) is 10.1. The first-order chi connectivity index (χ1) is 14.2. The lowest BCUT2D eigenvalue weighted by Crippen LogP contribution is -2.43. The lowest BCUT2D eigenvalue weighted by Gasteiger charge is -2.36. The van der Waals surface area contributed by atoms with Crippen molar-refractivity contribution in [2.75, 3.05) is 25.1 Å². The molecule has 0 saturated carbocycles. The van der Waals surface area contributed by atoms with Gasteiger partial charge in [0.25, 0.3) is 0 Å². The number of aromatic nitrogens is 1. The van der Waals surface area contributed by atoms with Crippen molar-refractivity contribution in [3.63, 3.8) is 0 Å². The second-order valence-corrected chi connectivity index (χ2v) is 7.80. The summed E-state index contributed by atoms with van der Waals surface area (Å²) in [5, 5.41) is 4.21. The van der Waals surface area contributed by atoms with Crippen molar-refractivity contribution in [2.24, 2.45) is 0 Å². The molecule has 0 atom stereocenters. The average molecular weight is 408 g/mol. The molecule has 0 aliphatic carbocycles. The van der Waals surface area contributed by atoms with E-state index in [0.717, 1.165) is 54.5 Å². The number of nitrogens with one attached hydrogen (secondary N) is 1. The quantitative estimate of drug-likeness (QED) is 0.611. The van der Waals surface area contributed by atoms with Gasteiger partial charge in [-0.15, -0.1) is 0 Å². The number of anilines is 1. The third kappa shape index (κ3) is 4.89. The second kappa shape index (κ2) is 9.29. The van der Waals surface area contributed by atoms with Crippen LogP contribution in [0.15, 0.2) is 66.9 Å². The van der Waals surface area contributed by atoms with Gasteiger partial charge in [-0.3, -0.25) is 4.98 Å². The van der Waals surface area contributed by atoms with Gasteiger partial charge < -0.3 is 15.0 Å². The summed E-state index contributed by atoms with van der Waals surface area (Å²) < 4.78 is 5.34. The second-order valence-electron chi connectivity index (χ2n) is 7.36. The Labute approximate surface area is 177 Å². The number of methoxy groups -OCH3 is 1. The van der Waals surface area contributed by atoms with Crippen LogP contribution in [0.3, 0.4) is 0 Å². The molecular weight excluding hydrogens is 382 g/mol. The molecule has 5 heteroatoms. The van der Waals surface area contributed by atoms with E-state index in [-0.39, 0.29) is 0 Å². The van der Waals surface area contributed by atoms with E-state index in [1.807, 2.05) is 42.6 Å². The summed E-state index contributed by atoms with van der Waals surface area (Å²) in [6.45, 7) is 2.97. The lowest BCUT2D eigenvalue weighted by molar-refractivity contribution is 0.413. The molecule has 4 nitrogen and oxygen atoms in total. The molecule has 0 amide bonds. The zero-order valence-corrected chi connectivity index (χ0v) is 17.4. The Bertz CT molecular complexity index is 922. The lowest BCUT2D eigenvalue weighted by atomic mass is 10.0. The van der Waals surface area contributed by atoms with Gasteiger partial charge in [0, 0.05) is 35.1 Å². The summed E-state index contributed by atoms with van der Waals surface area (Å²) in [5.74, 6) is 0.882. The molecule has 2 aromatic carbocycles. The minimum Gasteiger partial charge on any atom is -0.497 e. The Kier molecular flexibility index (Phi) is 6.33. The average Bonchev–Trinajstić information content (AvgIpc) is 2.79. The summed E-state index contributed by atoms with van der Waals surface area (Å²) >= 11 is 6.03. The molecule has 4 rings (SSSR count). The van der Waals surface area contributed by atoms with Gasteiger partial charge in [-0.1, -0.05) is 23.7 Å². The summed E-state index contributed by atoms with van der Waals surface area (Å²) in [5.41, 5.74) is 4.52. The van der Waals surface area contributed by atoms with Crippen LogP contribution in [-0.2, 0) is 6.54 Å². The Morgan fingerprint density at radius 3 is 2.45 bits per heavy atom. The number of ether oxygens (including phenoxy) is 1. The van der Waals surface area contributed by atoms with E-state index in [1.165, 1.54) is 11.3 Å². The number of hydrogen-bond acceptors (Lipinski definition) is 4. The maximum atomic E-state index is 6.03. The third-order valence-corrected chi connectivity index (χ3v) is 5.72. The van der Waals surface area contributed by atoms with Gasteiger partial charge in [0.2, 0.25) is 0 Å². The number of benzene rings is 2. The normalized spacial score (nSPS) is 14.6. The molecule has 1 saturated heterocycles. The standard InChI is InChI=1S/C24H26ClN3O/c1-29-23-8-6-21(7-9-23)28(22-11-13-26-14-12-22)17-18-10-15-27-24(16-18)19-2-4-20(25)5-3-19/h2-10,15-16,22,26H,11-14,17H2,1H3. The van der Waals surface area contributed by atoms with Crippen molar-refractivity contribution >= 4 is 17.3 Å².